The van der Waals surface area contributed by atoms with Gasteiger partial charge in [0.15, 0.2) is 0 Å². The summed E-state index contributed by atoms with van der Waals surface area (Å²) >= 11 is 0. The number of hydrogen-bond acceptors (Lipinski definition) is 1. The molecule has 84 valence electrons. The van der Waals surface area contributed by atoms with Crippen molar-refractivity contribution in [2.75, 3.05) is 0 Å². The van der Waals surface area contributed by atoms with Gasteiger partial charge in [-0.15, -0.1) is 0 Å². The first-order chi connectivity index (χ1) is 7.29. The smallest absolute Gasteiger partial charge is 0.102 e. The Balaban J connectivity index is 1.70. The van der Waals surface area contributed by atoms with Gasteiger partial charge < -0.3 is 4.74 Å². The summed E-state index contributed by atoms with van der Waals surface area (Å²) in [5.41, 5.74) is 0. The summed E-state index contributed by atoms with van der Waals surface area (Å²) in [4.78, 5) is 0. The van der Waals surface area contributed by atoms with Gasteiger partial charge in [-0.2, -0.15) is 0 Å². The van der Waals surface area contributed by atoms with E-state index in [1.807, 2.05) is 0 Å². The maximum absolute atomic E-state index is 6.06. The number of allylic oxidation sites excluding steroid dienone is 2. The Hall–Kier alpha value is -0.460. The van der Waals surface area contributed by atoms with E-state index < -0.39 is 0 Å². The minimum Gasteiger partial charge on any atom is -0.495 e. The van der Waals surface area contributed by atoms with Crippen LogP contribution in [0.3, 0.4) is 0 Å². The molecule has 3 saturated carbocycles. The highest BCUT2D eigenvalue weighted by Gasteiger charge is 2.54. The van der Waals surface area contributed by atoms with Gasteiger partial charge in [0.25, 0.3) is 0 Å². The molecule has 0 aromatic rings. The van der Waals surface area contributed by atoms with Gasteiger partial charge in [0.05, 0.1) is 5.76 Å². The van der Waals surface area contributed by atoms with Crippen molar-refractivity contribution >= 4 is 0 Å². The number of hydrogen-bond donors (Lipinski definition) is 0. The summed E-state index contributed by atoms with van der Waals surface area (Å²) in [6.07, 6.45) is 9.96. The van der Waals surface area contributed by atoms with Crippen LogP contribution in [0.4, 0.5) is 0 Å². The first kappa shape index (κ1) is 9.74. The molecule has 0 N–H and O–H groups in total. The summed E-state index contributed by atoms with van der Waals surface area (Å²) in [5, 5.41) is 0. The van der Waals surface area contributed by atoms with Gasteiger partial charge in [0.2, 0.25) is 0 Å². The summed E-state index contributed by atoms with van der Waals surface area (Å²) in [5.74, 6) is 5.15. The average molecular weight is 206 g/mol. The molecule has 5 unspecified atom stereocenters. The highest BCUT2D eigenvalue weighted by atomic mass is 16.5. The summed E-state index contributed by atoms with van der Waals surface area (Å²) in [7, 11) is 0. The Kier molecular flexibility index (Phi) is 2.30. The van der Waals surface area contributed by atoms with Crippen molar-refractivity contribution in [2.45, 2.75) is 52.1 Å². The second kappa shape index (κ2) is 3.54. The van der Waals surface area contributed by atoms with Gasteiger partial charge in [-0.25, -0.2) is 0 Å². The highest BCUT2D eigenvalue weighted by molar-refractivity contribution is 5.05. The van der Waals surface area contributed by atoms with Crippen LogP contribution in [0.25, 0.3) is 0 Å². The third-order valence-corrected chi connectivity index (χ3v) is 5.11. The summed E-state index contributed by atoms with van der Waals surface area (Å²) in [6.45, 7) is 4.17. The Bertz CT molecular complexity index is 281. The molecule has 0 radical (unpaired) electrons. The zero-order valence-corrected chi connectivity index (χ0v) is 9.91. The van der Waals surface area contributed by atoms with Crippen LogP contribution in [0.1, 0.15) is 46.0 Å². The molecular formula is C14H22O. The van der Waals surface area contributed by atoms with Gasteiger partial charge in [0, 0.05) is 0 Å². The zero-order valence-electron chi connectivity index (χ0n) is 9.91. The van der Waals surface area contributed by atoms with E-state index in [1.165, 1.54) is 32.1 Å². The highest BCUT2D eigenvalue weighted by Crippen LogP contribution is 2.59. The van der Waals surface area contributed by atoms with Crippen LogP contribution >= 0.6 is 0 Å². The molecule has 0 heterocycles. The van der Waals surface area contributed by atoms with Crippen LogP contribution in [0.15, 0.2) is 11.8 Å². The van der Waals surface area contributed by atoms with E-state index in [1.54, 1.807) is 0 Å². The van der Waals surface area contributed by atoms with Gasteiger partial charge >= 0.3 is 0 Å². The quantitative estimate of drug-likeness (QED) is 0.625. The molecule has 0 saturated heterocycles. The molecule has 0 aromatic carbocycles. The zero-order chi connectivity index (χ0) is 10.4. The van der Waals surface area contributed by atoms with Crippen molar-refractivity contribution in [1.82, 2.24) is 0 Å². The molecule has 3 fully saturated rings. The minimum atomic E-state index is 0.561. The number of fused-ring (bicyclic) bond motifs is 5. The third-order valence-electron chi connectivity index (χ3n) is 5.11. The fourth-order valence-corrected chi connectivity index (χ4v) is 4.45. The van der Waals surface area contributed by atoms with Crippen LogP contribution in [-0.4, -0.2) is 6.10 Å². The van der Waals surface area contributed by atoms with E-state index in [2.05, 4.69) is 19.9 Å². The number of ether oxygens (including phenoxy) is 1. The lowest BCUT2D eigenvalue weighted by atomic mass is 9.80. The number of rotatable bonds is 2. The van der Waals surface area contributed by atoms with E-state index in [9.17, 15) is 0 Å². The largest absolute Gasteiger partial charge is 0.495 e. The first-order valence-electron chi connectivity index (χ1n) is 6.59. The van der Waals surface area contributed by atoms with Gasteiger partial charge in [-0.1, -0.05) is 6.42 Å². The van der Waals surface area contributed by atoms with Crippen LogP contribution in [0, 0.1) is 23.7 Å². The van der Waals surface area contributed by atoms with Crippen molar-refractivity contribution in [2.24, 2.45) is 23.7 Å². The molecule has 0 aliphatic heterocycles. The van der Waals surface area contributed by atoms with Crippen molar-refractivity contribution < 1.29 is 4.74 Å². The topological polar surface area (TPSA) is 9.23 Å². The van der Waals surface area contributed by atoms with Gasteiger partial charge in [0.1, 0.15) is 6.10 Å². The molecule has 1 nitrogen and oxygen atoms in total. The fourth-order valence-electron chi connectivity index (χ4n) is 4.45. The van der Waals surface area contributed by atoms with Gasteiger partial charge in [-0.3, -0.25) is 0 Å². The standard InChI is InChI=1S/C14H22O/c1-3-9(2)15-14-8-10-7-13(14)12-6-4-5-11(10)12/h3,10-14H,4-8H2,1-2H3/b9-3+. The predicted octanol–water partition coefficient (Wildman–Crippen LogP) is 3.75. The molecule has 15 heavy (non-hydrogen) atoms. The van der Waals surface area contributed by atoms with E-state index in [0.29, 0.717) is 6.10 Å². The van der Waals surface area contributed by atoms with Gasteiger partial charge in [-0.05, 0) is 69.3 Å². The van der Waals surface area contributed by atoms with E-state index in [4.69, 9.17) is 4.74 Å². The molecular weight excluding hydrogens is 184 g/mol. The molecule has 0 aromatic heterocycles. The fraction of sp³-hybridized carbons (Fsp3) is 0.857. The maximum atomic E-state index is 6.06. The van der Waals surface area contributed by atoms with Crippen LogP contribution in [-0.2, 0) is 4.74 Å². The predicted molar refractivity (Wildman–Crippen MR) is 61.3 cm³/mol. The van der Waals surface area contributed by atoms with E-state index in [0.717, 1.165) is 29.4 Å². The molecule has 3 rings (SSSR count). The van der Waals surface area contributed by atoms with Crippen LogP contribution in [0.5, 0.6) is 0 Å². The van der Waals surface area contributed by atoms with Crippen molar-refractivity contribution in [1.29, 1.82) is 0 Å². The van der Waals surface area contributed by atoms with Crippen molar-refractivity contribution in [3.8, 4) is 0 Å². The Morgan fingerprint density at radius 3 is 2.73 bits per heavy atom. The second-order valence-corrected chi connectivity index (χ2v) is 5.71. The lowest BCUT2D eigenvalue weighted by Gasteiger charge is -2.32. The van der Waals surface area contributed by atoms with Crippen molar-refractivity contribution in [3.05, 3.63) is 11.8 Å². The maximum Gasteiger partial charge on any atom is 0.102 e. The van der Waals surface area contributed by atoms with Crippen molar-refractivity contribution in [3.63, 3.8) is 0 Å². The summed E-state index contributed by atoms with van der Waals surface area (Å²) < 4.78 is 6.06. The Morgan fingerprint density at radius 2 is 1.93 bits per heavy atom. The SMILES string of the molecule is C/C=C(\C)OC1CC2CC1C1CCCC21. The normalized spacial score (nSPS) is 48.4. The molecule has 3 aliphatic rings. The molecule has 0 spiro atoms. The average Bonchev–Trinajstić information content (AvgIpc) is 2.87. The van der Waals surface area contributed by atoms with Crippen LogP contribution in [0.2, 0.25) is 0 Å². The second-order valence-electron chi connectivity index (χ2n) is 5.71. The molecule has 2 bridgehead atoms. The Labute approximate surface area is 92.9 Å². The minimum absolute atomic E-state index is 0.561. The molecule has 5 atom stereocenters. The van der Waals surface area contributed by atoms with Crippen LogP contribution < -0.4 is 0 Å². The first-order valence-corrected chi connectivity index (χ1v) is 6.59. The van der Waals surface area contributed by atoms with E-state index in [-0.39, 0.29) is 0 Å². The molecule has 0 amide bonds. The lowest BCUT2D eigenvalue weighted by Crippen LogP contribution is -2.29. The lowest BCUT2D eigenvalue weighted by molar-refractivity contribution is 0.0323. The molecule has 3 aliphatic carbocycles. The monoisotopic (exact) mass is 206 g/mol. The Morgan fingerprint density at radius 1 is 1.13 bits per heavy atom. The third kappa shape index (κ3) is 1.43. The summed E-state index contributed by atoms with van der Waals surface area (Å²) in [6, 6.07) is 0. The molecule has 1 heteroatoms. The van der Waals surface area contributed by atoms with E-state index >= 15 is 0 Å².